The van der Waals surface area contributed by atoms with Crippen molar-refractivity contribution in [3.8, 4) is 10.6 Å². The molecule has 0 radical (unpaired) electrons. The van der Waals surface area contributed by atoms with Crippen LogP contribution in [0.15, 0.2) is 40.7 Å². The third kappa shape index (κ3) is 3.70. The Bertz CT molecular complexity index is 754. The van der Waals surface area contributed by atoms with Gasteiger partial charge in [-0.15, -0.1) is 11.3 Å². The molecule has 1 atom stereocenters. The molecular weight excluding hydrogens is 324 g/mol. The largest absolute Gasteiger partial charge is 0.480 e. The minimum absolute atomic E-state index is 0.164. The Morgan fingerprint density at radius 2 is 1.91 bits per heavy atom. The van der Waals surface area contributed by atoms with E-state index in [0.717, 1.165) is 5.56 Å². The molecule has 1 heterocycles. The smallest absolute Gasteiger partial charge is 0.322 e. The molecule has 0 spiro atoms. The number of carbonyl (C=O) groups is 1. The zero-order chi connectivity index (χ0) is 16.3. The fraction of sp³-hybridized carbons (Fsp3) is 0.286. The van der Waals surface area contributed by atoms with Crippen molar-refractivity contribution in [3.63, 3.8) is 0 Å². The lowest BCUT2D eigenvalue weighted by molar-refractivity contribution is -0.140. The summed E-state index contributed by atoms with van der Waals surface area (Å²) in [6.07, 6.45) is 0. The van der Waals surface area contributed by atoms with Gasteiger partial charge in [-0.05, 0) is 5.92 Å². The van der Waals surface area contributed by atoms with Crippen molar-refractivity contribution in [2.24, 2.45) is 5.92 Å². The maximum atomic E-state index is 12.3. The minimum atomic E-state index is -3.97. The number of carboxylic acids is 1. The molecule has 8 heteroatoms. The molecule has 6 nitrogen and oxygen atoms in total. The van der Waals surface area contributed by atoms with Crippen LogP contribution in [0.5, 0.6) is 0 Å². The van der Waals surface area contributed by atoms with Crippen LogP contribution in [0, 0.1) is 5.92 Å². The Kier molecular flexibility index (Phi) is 4.94. The van der Waals surface area contributed by atoms with E-state index in [4.69, 9.17) is 5.11 Å². The number of nitrogens with one attached hydrogen (secondary N) is 1. The van der Waals surface area contributed by atoms with Crippen LogP contribution in [0.3, 0.4) is 0 Å². The first-order chi connectivity index (χ1) is 10.3. The lowest BCUT2D eigenvalue weighted by Gasteiger charge is -2.16. The van der Waals surface area contributed by atoms with Gasteiger partial charge >= 0.3 is 5.97 Å². The summed E-state index contributed by atoms with van der Waals surface area (Å²) in [5.74, 6) is -1.59. The van der Waals surface area contributed by atoms with Crippen molar-refractivity contribution >= 4 is 27.3 Å². The molecule has 1 aromatic heterocycles. The van der Waals surface area contributed by atoms with E-state index >= 15 is 0 Å². The second-order valence-electron chi connectivity index (χ2n) is 5.04. The molecule has 0 aliphatic rings. The molecular formula is C14H16N2O4S2. The second-order valence-corrected chi connectivity index (χ2v) is 7.56. The molecule has 0 saturated carbocycles. The van der Waals surface area contributed by atoms with E-state index in [1.165, 1.54) is 16.7 Å². The van der Waals surface area contributed by atoms with Gasteiger partial charge in [0.05, 0.1) is 0 Å². The van der Waals surface area contributed by atoms with Crippen LogP contribution in [-0.4, -0.2) is 30.5 Å². The third-order valence-corrected chi connectivity index (χ3v) is 5.36. The molecule has 118 valence electrons. The maximum absolute atomic E-state index is 12.3. The van der Waals surface area contributed by atoms with E-state index in [1.54, 1.807) is 13.8 Å². The number of benzene rings is 1. The average molecular weight is 340 g/mol. The SMILES string of the molecule is CC(C)C(NS(=O)(=O)c1csc(-c2ccccc2)n1)C(=O)O. The summed E-state index contributed by atoms with van der Waals surface area (Å²) >= 11 is 1.20. The Morgan fingerprint density at radius 1 is 1.27 bits per heavy atom. The topological polar surface area (TPSA) is 96.4 Å². The summed E-state index contributed by atoms with van der Waals surface area (Å²) in [6.45, 7) is 3.27. The van der Waals surface area contributed by atoms with Crippen LogP contribution in [0.1, 0.15) is 13.8 Å². The van der Waals surface area contributed by atoms with Gasteiger partial charge in [-0.3, -0.25) is 4.79 Å². The van der Waals surface area contributed by atoms with E-state index in [0.29, 0.717) is 5.01 Å². The summed E-state index contributed by atoms with van der Waals surface area (Å²) < 4.78 is 26.7. The molecule has 0 bridgehead atoms. The monoisotopic (exact) mass is 340 g/mol. The van der Waals surface area contributed by atoms with Gasteiger partial charge in [0.15, 0.2) is 5.03 Å². The number of aliphatic carboxylic acids is 1. The maximum Gasteiger partial charge on any atom is 0.322 e. The summed E-state index contributed by atoms with van der Waals surface area (Å²) in [5, 5.41) is 10.9. The zero-order valence-electron chi connectivity index (χ0n) is 12.1. The molecule has 22 heavy (non-hydrogen) atoms. The number of carboxylic acid groups (broad SMARTS) is 1. The Labute approximate surface area is 132 Å². The van der Waals surface area contributed by atoms with Crippen LogP contribution in [0.25, 0.3) is 10.6 Å². The number of aromatic nitrogens is 1. The summed E-state index contributed by atoms with van der Waals surface area (Å²) in [4.78, 5) is 15.2. The van der Waals surface area contributed by atoms with Gasteiger partial charge in [-0.2, -0.15) is 4.72 Å². The number of thiazole rings is 1. The van der Waals surface area contributed by atoms with Gasteiger partial charge in [0.25, 0.3) is 10.0 Å². The lowest BCUT2D eigenvalue weighted by Crippen LogP contribution is -2.44. The van der Waals surface area contributed by atoms with Crippen LogP contribution >= 0.6 is 11.3 Å². The van der Waals surface area contributed by atoms with Crippen LogP contribution in [0.2, 0.25) is 0 Å². The molecule has 0 aliphatic carbocycles. The van der Waals surface area contributed by atoms with Gasteiger partial charge in [-0.1, -0.05) is 44.2 Å². The summed E-state index contributed by atoms with van der Waals surface area (Å²) in [6, 6.07) is 8.00. The quantitative estimate of drug-likeness (QED) is 0.840. The minimum Gasteiger partial charge on any atom is -0.480 e. The molecule has 1 aromatic carbocycles. The van der Waals surface area contributed by atoms with Crippen LogP contribution in [0.4, 0.5) is 0 Å². The molecule has 2 aromatic rings. The predicted octanol–water partition coefficient (Wildman–Crippen LogP) is 2.20. The van der Waals surface area contributed by atoms with Gasteiger partial charge in [0.2, 0.25) is 0 Å². The van der Waals surface area contributed by atoms with Gasteiger partial charge in [-0.25, -0.2) is 13.4 Å². The normalized spacial score (nSPS) is 13.2. The summed E-state index contributed by atoms with van der Waals surface area (Å²) in [5.41, 5.74) is 0.813. The summed E-state index contributed by atoms with van der Waals surface area (Å²) in [7, 11) is -3.97. The molecule has 2 rings (SSSR count). The Balaban J connectivity index is 2.28. The Hall–Kier alpha value is -1.77. The fourth-order valence-electron chi connectivity index (χ4n) is 1.79. The first kappa shape index (κ1) is 16.6. The van der Waals surface area contributed by atoms with Crippen molar-refractivity contribution in [1.82, 2.24) is 9.71 Å². The first-order valence-corrected chi connectivity index (χ1v) is 8.93. The number of sulfonamides is 1. The van der Waals surface area contributed by atoms with Crippen molar-refractivity contribution in [2.75, 3.05) is 0 Å². The first-order valence-electron chi connectivity index (χ1n) is 6.57. The van der Waals surface area contributed by atoms with Crippen molar-refractivity contribution in [3.05, 3.63) is 35.7 Å². The van der Waals surface area contributed by atoms with Crippen LogP contribution < -0.4 is 4.72 Å². The van der Waals surface area contributed by atoms with Gasteiger partial charge < -0.3 is 5.11 Å². The molecule has 1 unspecified atom stereocenters. The van der Waals surface area contributed by atoms with E-state index in [-0.39, 0.29) is 10.9 Å². The Morgan fingerprint density at radius 3 is 2.45 bits per heavy atom. The highest BCUT2D eigenvalue weighted by Crippen LogP contribution is 2.25. The second kappa shape index (κ2) is 6.55. The molecule has 0 amide bonds. The highest BCUT2D eigenvalue weighted by atomic mass is 32.2. The molecule has 0 fully saturated rings. The van der Waals surface area contributed by atoms with Crippen molar-refractivity contribution in [2.45, 2.75) is 24.9 Å². The lowest BCUT2D eigenvalue weighted by atomic mass is 10.1. The highest BCUT2D eigenvalue weighted by molar-refractivity contribution is 7.89. The third-order valence-electron chi connectivity index (χ3n) is 2.99. The standard InChI is InChI=1S/C14H16N2O4S2/c1-9(2)12(14(17)18)16-22(19,20)11-8-21-13(15-11)10-6-4-3-5-7-10/h3-9,12,16H,1-2H3,(H,17,18). The van der Waals surface area contributed by atoms with Crippen molar-refractivity contribution in [1.29, 1.82) is 0 Å². The van der Waals surface area contributed by atoms with E-state index < -0.39 is 22.0 Å². The predicted molar refractivity (Wildman–Crippen MR) is 84.1 cm³/mol. The zero-order valence-corrected chi connectivity index (χ0v) is 13.7. The molecule has 0 saturated heterocycles. The number of hydrogen-bond acceptors (Lipinski definition) is 5. The fourth-order valence-corrected chi connectivity index (χ4v) is 4.23. The number of rotatable bonds is 6. The van der Waals surface area contributed by atoms with Crippen LogP contribution in [-0.2, 0) is 14.8 Å². The van der Waals surface area contributed by atoms with Gasteiger partial charge in [0, 0.05) is 10.9 Å². The van der Waals surface area contributed by atoms with E-state index in [2.05, 4.69) is 9.71 Å². The molecule has 2 N–H and O–H groups in total. The highest BCUT2D eigenvalue weighted by Gasteiger charge is 2.29. The molecule has 0 aliphatic heterocycles. The van der Waals surface area contributed by atoms with E-state index in [9.17, 15) is 13.2 Å². The number of hydrogen-bond donors (Lipinski definition) is 2. The van der Waals surface area contributed by atoms with Gasteiger partial charge in [0.1, 0.15) is 11.0 Å². The van der Waals surface area contributed by atoms with E-state index in [1.807, 2.05) is 30.3 Å². The van der Waals surface area contributed by atoms with Crippen molar-refractivity contribution < 1.29 is 18.3 Å². The average Bonchev–Trinajstić information content (AvgIpc) is 2.96. The number of nitrogens with zero attached hydrogens (tertiary/aromatic N) is 1.